The van der Waals surface area contributed by atoms with E-state index in [0.717, 1.165) is 32.1 Å². The predicted molar refractivity (Wildman–Crippen MR) is 69.7 cm³/mol. The van der Waals surface area contributed by atoms with Crippen LogP contribution >= 0.6 is 0 Å². The summed E-state index contributed by atoms with van der Waals surface area (Å²) in [6.45, 7) is 0.385. The van der Waals surface area contributed by atoms with E-state index in [-0.39, 0.29) is 17.9 Å². The summed E-state index contributed by atoms with van der Waals surface area (Å²) in [6.07, 6.45) is 7.30. The lowest BCUT2D eigenvalue weighted by atomic mass is 9.89. The van der Waals surface area contributed by atoms with Crippen molar-refractivity contribution in [3.05, 3.63) is 0 Å². The first kappa shape index (κ1) is 12.9. The minimum absolute atomic E-state index is 0.0786. The first-order valence-electron chi connectivity index (χ1n) is 7.43. The van der Waals surface area contributed by atoms with Crippen molar-refractivity contribution < 1.29 is 14.7 Å². The molecule has 1 saturated carbocycles. The topological polar surface area (TPSA) is 69.6 Å². The van der Waals surface area contributed by atoms with Crippen molar-refractivity contribution in [3.8, 4) is 0 Å². The molecule has 106 valence electrons. The summed E-state index contributed by atoms with van der Waals surface area (Å²) >= 11 is 0. The first-order valence-corrected chi connectivity index (χ1v) is 7.43. The van der Waals surface area contributed by atoms with E-state index in [1.54, 1.807) is 0 Å². The van der Waals surface area contributed by atoms with Gasteiger partial charge >= 0.3 is 5.97 Å². The third kappa shape index (κ3) is 2.48. The summed E-state index contributed by atoms with van der Waals surface area (Å²) in [4.78, 5) is 25.4. The zero-order chi connectivity index (χ0) is 13.4. The van der Waals surface area contributed by atoms with Gasteiger partial charge in [-0.1, -0.05) is 12.8 Å². The molecular weight excluding hydrogens is 244 g/mol. The van der Waals surface area contributed by atoms with Crippen LogP contribution in [0.3, 0.4) is 0 Å². The minimum atomic E-state index is -0.701. The van der Waals surface area contributed by atoms with Crippen LogP contribution < -0.4 is 5.32 Å². The number of nitrogens with zero attached hydrogens (tertiary/aromatic N) is 1. The lowest BCUT2D eigenvalue weighted by Crippen LogP contribution is -2.43. The van der Waals surface area contributed by atoms with E-state index >= 15 is 0 Å². The van der Waals surface area contributed by atoms with E-state index in [2.05, 4.69) is 10.2 Å². The first-order chi connectivity index (χ1) is 9.15. The van der Waals surface area contributed by atoms with Crippen LogP contribution in [0.4, 0.5) is 0 Å². The monoisotopic (exact) mass is 266 g/mol. The number of carbonyl (C=O) groups excluding carboxylic acids is 1. The maximum Gasteiger partial charge on any atom is 0.308 e. The maximum atomic E-state index is 12.1. The van der Waals surface area contributed by atoms with Crippen molar-refractivity contribution in [2.45, 2.75) is 63.1 Å². The molecule has 0 aromatic heterocycles. The number of carboxylic acids is 1. The van der Waals surface area contributed by atoms with Crippen molar-refractivity contribution in [1.82, 2.24) is 10.2 Å². The lowest BCUT2D eigenvalue weighted by Gasteiger charge is -2.23. The zero-order valence-corrected chi connectivity index (χ0v) is 11.2. The molecule has 0 spiro atoms. The molecule has 3 rings (SSSR count). The van der Waals surface area contributed by atoms with Gasteiger partial charge in [-0.25, -0.2) is 0 Å². The highest BCUT2D eigenvalue weighted by Gasteiger charge is 2.49. The molecule has 3 atom stereocenters. The van der Waals surface area contributed by atoms with Gasteiger partial charge in [0.15, 0.2) is 0 Å². The molecular formula is C14H22N2O3. The van der Waals surface area contributed by atoms with Crippen LogP contribution in [0.1, 0.15) is 44.9 Å². The number of aliphatic carboxylic acids is 1. The maximum absolute atomic E-state index is 12.1. The SMILES string of the molecule is O=C(CN1C2CCC1C(C(=O)O)C2)NC1CCCC1. The standard InChI is InChI=1S/C14H22N2O3/c17-13(15-9-3-1-2-4-9)8-16-10-5-6-12(16)11(7-10)14(18)19/h9-12H,1-8H2,(H,15,17)(H,18,19). The molecule has 0 radical (unpaired) electrons. The Morgan fingerprint density at radius 1 is 1.16 bits per heavy atom. The van der Waals surface area contributed by atoms with Crippen molar-refractivity contribution in [3.63, 3.8) is 0 Å². The van der Waals surface area contributed by atoms with E-state index in [1.807, 2.05) is 0 Å². The van der Waals surface area contributed by atoms with Crippen molar-refractivity contribution in [1.29, 1.82) is 0 Å². The number of carbonyl (C=O) groups is 2. The second kappa shape index (κ2) is 5.12. The van der Waals surface area contributed by atoms with Crippen molar-refractivity contribution in [2.75, 3.05) is 6.54 Å². The molecule has 2 N–H and O–H groups in total. The van der Waals surface area contributed by atoms with Gasteiger partial charge in [0.2, 0.25) is 5.91 Å². The highest BCUT2D eigenvalue weighted by molar-refractivity contribution is 5.79. The Hall–Kier alpha value is -1.10. The van der Waals surface area contributed by atoms with Crippen LogP contribution in [-0.4, -0.2) is 46.6 Å². The summed E-state index contributed by atoms with van der Waals surface area (Å²) in [6, 6.07) is 0.736. The summed E-state index contributed by atoms with van der Waals surface area (Å²) in [5, 5.41) is 12.3. The quantitative estimate of drug-likeness (QED) is 0.796. The van der Waals surface area contributed by atoms with Crippen molar-refractivity contribution in [2.24, 2.45) is 5.92 Å². The molecule has 3 aliphatic rings. The fourth-order valence-electron chi connectivity index (χ4n) is 4.12. The number of rotatable bonds is 4. The van der Waals surface area contributed by atoms with Gasteiger partial charge in [-0.05, 0) is 32.1 Å². The summed E-state index contributed by atoms with van der Waals surface area (Å²) in [5.41, 5.74) is 0. The fourth-order valence-corrected chi connectivity index (χ4v) is 4.12. The van der Waals surface area contributed by atoms with Gasteiger partial charge in [0.1, 0.15) is 0 Å². The smallest absolute Gasteiger partial charge is 0.308 e. The van der Waals surface area contributed by atoms with Crippen LogP contribution in [0, 0.1) is 5.92 Å². The predicted octanol–water partition coefficient (Wildman–Crippen LogP) is 0.983. The highest BCUT2D eigenvalue weighted by atomic mass is 16.4. The largest absolute Gasteiger partial charge is 0.481 e. The second-order valence-electron chi connectivity index (χ2n) is 6.20. The average molecular weight is 266 g/mol. The fraction of sp³-hybridized carbons (Fsp3) is 0.857. The Labute approximate surface area is 113 Å². The zero-order valence-electron chi connectivity index (χ0n) is 11.2. The molecule has 0 aromatic carbocycles. The number of hydrogen-bond acceptors (Lipinski definition) is 3. The van der Waals surface area contributed by atoms with Gasteiger partial charge in [0.05, 0.1) is 12.5 Å². The van der Waals surface area contributed by atoms with Crippen LogP contribution in [0.15, 0.2) is 0 Å². The molecule has 5 nitrogen and oxygen atoms in total. The molecule has 0 aromatic rings. The molecule has 5 heteroatoms. The summed E-state index contributed by atoms with van der Waals surface area (Å²) in [7, 11) is 0. The van der Waals surface area contributed by atoms with E-state index in [1.165, 1.54) is 12.8 Å². The van der Waals surface area contributed by atoms with E-state index in [9.17, 15) is 14.7 Å². The summed E-state index contributed by atoms with van der Waals surface area (Å²) in [5.74, 6) is -0.888. The number of nitrogens with one attached hydrogen (secondary N) is 1. The normalized spacial score (nSPS) is 34.8. The van der Waals surface area contributed by atoms with Crippen LogP contribution in [0.25, 0.3) is 0 Å². The summed E-state index contributed by atoms with van der Waals surface area (Å²) < 4.78 is 0. The molecule has 1 aliphatic carbocycles. The molecule has 2 aliphatic heterocycles. The van der Waals surface area contributed by atoms with Crippen LogP contribution in [0.2, 0.25) is 0 Å². The van der Waals surface area contributed by atoms with Crippen LogP contribution in [0.5, 0.6) is 0 Å². The molecule has 19 heavy (non-hydrogen) atoms. The molecule has 2 heterocycles. The molecule has 1 amide bonds. The van der Waals surface area contributed by atoms with Gasteiger partial charge < -0.3 is 10.4 Å². The molecule has 2 bridgehead atoms. The number of hydrogen-bond donors (Lipinski definition) is 2. The second-order valence-corrected chi connectivity index (χ2v) is 6.20. The molecule has 2 saturated heterocycles. The van der Waals surface area contributed by atoms with Crippen LogP contribution in [-0.2, 0) is 9.59 Å². The van der Waals surface area contributed by atoms with Gasteiger partial charge in [0.25, 0.3) is 0 Å². The average Bonchev–Trinajstić information content (AvgIpc) is 3.06. The van der Waals surface area contributed by atoms with E-state index < -0.39 is 5.97 Å². The third-order valence-electron chi connectivity index (χ3n) is 5.04. The highest BCUT2D eigenvalue weighted by Crippen LogP contribution is 2.41. The number of amides is 1. The van der Waals surface area contributed by atoms with E-state index in [4.69, 9.17) is 0 Å². The van der Waals surface area contributed by atoms with Crippen molar-refractivity contribution >= 4 is 11.9 Å². The Kier molecular flexibility index (Phi) is 3.48. The van der Waals surface area contributed by atoms with Gasteiger partial charge in [-0.2, -0.15) is 0 Å². The molecule has 3 fully saturated rings. The Morgan fingerprint density at radius 3 is 2.53 bits per heavy atom. The van der Waals surface area contributed by atoms with Gasteiger partial charge in [0, 0.05) is 18.1 Å². The number of fused-ring (bicyclic) bond motifs is 2. The Bertz CT molecular complexity index is 379. The third-order valence-corrected chi connectivity index (χ3v) is 5.04. The Balaban J connectivity index is 1.55. The Morgan fingerprint density at radius 2 is 1.89 bits per heavy atom. The van der Waals surface area contributed by atoms with Gasteiger partial charge in [-0.15, -0.1) is 0 Å². The van der Waals surface area contributed by atoms with E-state index in [0.29, 0.717) is 18.6 Å². The minimum Gasteiger partial charge on any atom is -0.481 e. The lowest BCUT2D eigenvalue weighted by molar-refractivity contribution is -0.143. The molecule has 3 unspecified atom stereocenters. The van der Waals surface area contributed by atoms with Gasteiger partial charge in [-0.3, -0.25) is 14.5 Å². The number of carboxylic acid groups (broad SMARTS) is 1.